The number of nitrogens with zero attached hydrogens (tertiary/aromatic N) is 3. The van der Waals surface area contributed by atoms with Crippen molar-refractivity contribution in [3.8, 4) is 0 Å². The molecule has 0 fully saturated rings. The summed E-state index contributed by atoms with van der Waals surface area (Å²) in [7, 11) is 0. The van der Waals surface area contributed by atoms with Crippen LogP contribution >= 0.6 is 0 Å². The molecule has 0 aliphatic carbocycles. The number of aromatic nitrogens is 3. The van der Waals surface area contributed by atoms with Crippen molar-refractivity contribution in [2.45, 2.75) is 39.7 Å². The summed E-state index contributed by atoms with van der Waals surface area (Å²) in [4.78, 5) is 0. The molecule has 0 spiro atoms. The molecule has 0 aliphatic rings. The van der Waals surface area contributed by atoms with Crippen molar-refractivity contribution in [3.63, 3.8) is 0 Å². The van der Waals surface area contributed by atoms with Crippen LogP contribution in [0.1, 0.15) is 38.9 Å². The third-order valence-corrected chi connectivity index (χ3v) is 2.50. The van der Waals surface area contributed by atoms with Crippen LogP contribution in [0.2, 0.25) is 0 Å². The van der Waals surface area contributed by atoms with Crippen LogP contribution in [0.5, 0.6) is 0 Å². The highest BCUT2D eigenvalue weighted by Crippen LogP contribution is 2.21. The van der Waals surface area contributed by atoms with Gasteiger partial charge >= 0.3 is 0 Å². The highest BCUT2D eigenvalue weighted by molar-refractivity contribution is 4.98. The van der Waals surface area contributed by atoms with E-state index in [-0.39, 0.29) is 0 Å². The third-order valence-electron chi connectivity index (χ3n) is 2.50. The van der Waals surface area contributed by atoms with Gasteiger partial charge in [-0.3, -0.25) is 0 Å². The van der Waals surface area contributed by atoms with Crippen LogP contribution in [-0.4, -0.2) is 21.3 Å². The van der Waals surface area contributed by atoms with E-state index in [1.807, 2.05) is 0 Å². The van der Waals surface area contributed by atoms with Crippen LogP contribution in [0.15, 0.2) is 6.33 Å². The molecule has 80 valence electrons. The molecule has 4 heteroatoms. The highest BCUT2D eigenvalue weighted by Gasteiger charge is 2.19. The minimum Gasteiger partial charge on any atom is -0.330 e. The molecule has 1 aromatic heterocycles. The smallest absolute Gasteiger partial charge is 0.137 e. The summed E-state index contributed by atoms with van der Waals surface area (Å²) < 4.78 is 2.11. The molecule has 0 aliphatic heterocycles. The molecule has 0 amide bonds. The quantitative estimate of drug-likeness (QED) is 0.774. The highest BCUT2D eigenvalue weighted by atomic mass is 15.3. The normalized spacial score (nSPS) is 13.5. The molecule has 4 nitrogen and oxygen atoms in total. The SMILES string of the molecule is CCCn1cnnc1C(CN)C(C)C. The van der Waals surface area contributed by atoms with E-state index < -0.39 is 0 Å². The molecule has 1 aromatic rings. The molecule has 0 radical (unpaired) electrons. The predicted molar refractivity (Wildman–Crippen MR) is 56.9 cm³/mol. The van der Waals surface area contributed by atoms with Crippen molar-refractivity contribution in [2.24, 2.45) is 11.7 Å². The van der Waals surface area contributed by atoms with Crippen molar-refractivity contribution in [2.75, 3.05) is 6.54 Å². The first-order valence-corrected chi connectivity index (χ1v) is 5.28. The zero-order valence-electron chi connectivity index (χ0n) is 9.27. The molecule has 0 aromatic carbocycles. The van der Waals surface area contributed by atoms with E-state index in [2.05, 4.69) is 35.5 Å². The summed E-state index contributed by atoms with van der Waals surface area (Å²) in [6, 6.07) is 0. The lowest BCUT2D eigenvalue weighted by molar-refractivity contribution is 0.458. The molecule has 1 heterocycles. The van der Waals surface area contributed by atoms with Crippen molar-refractivity contribution in [1.29, 1.82) is 0 Å². The summed E-state index contributed by atoms with van der Waals surface area (Å²) in [6.45, 7) is 8.10. The summed E-state index contributed by atoms with van der Waals surface area (Å²) in [5.41, 5.74) is 5.75. The molecule has 0 bridgehead atoms. The molecule has 0 saturated carbocycles. The first-order valence-electron chi connectivity index (χ1n) is 5.28. The molecule has 1 unspecified atom stereocenters. The second-order valence-electron chi connectivity index (χ2n) is 3.97. The zero-order chi connectivity index (χ0) is 10.6. The number of nitrogens with two attached hydrogens (primary N) is 1. The third kappa shape index (κ3) is 2.32. The average Bonchev–Trinajstić information content (AvgIpc) is 2.55. The second-order valence-corrected chi connectivity index (χ2v) is 3.97. The lowest BCUT2D eigenvalue weighted by Gasteiger charge is -2.18. The number of aryl methyl sites for hydroxylation is 1. The molecule has 2 N–H and O–H groups in total. The van der Waals surface area contributed by atoms with Gasteiger partial charge in [0.15, 0.2) is 0 Å². The standard InChI is InChI=1S/C10H20N4/c1-4-5-14-7-12-13-10(14)9(6-11)8(2)3/h7-9H,4-6,11H2,1-3H3. The molecular formula is C10H20N4. The Labute approximate surface area is 85.5 Å². The van der Waals surface area contributed by atoms with Gasteiger partial charge in [-0.1, -0.05) is 20.8 Å². The lowest BCUT2D eigenvalue weighted by atomic mass is 9.95. The van der Waals surface area contributed by atoms with Crippen LogP contribution in [0, 0.1) is 5.92 Å². The molecule has 14 heavy (non-hydrogen) atoms. The van der Waals surface area contributed by atoms with E-state index in [4.69, 9.17) is 5.73 Å². The van der Waals surface area contributed by atoms with Crippen molar-refractivity contribution < 1.29 is 0 Å². The average molecular weight is 196 g/mol. The van der Waals surface area contributed by atoms with Gasteiger partial charge in [0.2, 0.25) is 0 Å². The Hall–Kier alpha value is -0.900. The Kier molecular flexibility index (Phi) is 4.07. The van der Waals surface area contributed by atoms with Gasteiger partial charge in [-0.15, -0.1) is 10.2 Å². The fourth-order valence-electron chi connectivity index (χ4n) is 1.64. The minimum absolute atomic E-state index is 0.323. The first kappa shape index (κ1) is 11.2. The largest absolute Gasteiger partial charge is 0.330 e. The first-order chi connectivity index (χ1) is 6.70. The second kappa shape index (κ2) is 5.10. The van der Waals surface area contributed by atoms with E-state index >= 15 is 0 Å². The van der Waals surface area contributed by atoms with Crippen LogP contribution in [0.25, 0.3) is 0 Å². The summed E-state index contributed by atoms with van der Waals surface area (Å²) in [6.07, 6.45) is 2.89. The van der Waals surface area contributed by atoms with Gasteiger partial charge in [-0.2, -0.15) is 0 Å². The lowest BCUT2D eigenvalue weighted by Crippen LogP contribution is -2.22. The Balaban J connectivity index is 2.86. The van der Waals surface area contributed by atoms with Crippen molar-refractivity contribution in [3.05, 3.63) is 12.2 Å². The Morgan fingerprint density at radius 3 is 2.71 bits per heavy atom. The monoisotopic (exact) mass is 196 g/mol. The molecule has 1 atom stereocenters. The summed E-state index contributed by atoms with van der Waals surface area (Å²) in [5, 5.41) is 8.11. The Bertz CT molecular complexity index is 267. The predicted octanol–water partition coefficient (Wildman–Crippen LogP) is 1.39. The summed E-state index contributed by atoms with van der Waals surface area (Å²) >= 11 is 0. The Morgan fingerprint density at radius 1 is 1.50 bits per heavy atom. The maximum atomic E-state index is 5.75. The minimum atomic E-state index is 0.323. The van der Waals surface area contributed by atoms with Gasteiger partial charge in [-0.25, -0.2) is 0 Å². The molecular weight excluding hydrogens is 176 g/mol. The van der Waals surface area contributed by atoms with Crippen LogP contribution in [0.4, 0.5) is 0 Å². The molecule has 0 saturated heterocycles. The van der Waals surface area contributed by atoms with E-state index in [0.717, 1.165) is 18.8 Å². The number of hydrogen-bond donors (Lipinski definition) is 1. The van der Waals surface area contributed by atoms with Gasteiger partial charge in [0.05, 0.1) is 0 Å². The maximum Gasteiger partial charge on any atom is 0.137 e. The van der Waals surface area contributed by atoms with Gasteiger partial charge in [0.1, 0.15) is 12.2 Å². The van der Waals surface area contributed by atoms with E-state index in [1.165, 1.54) is 0 Å². The number of hydrogen-bond acceptors (Lipinski definition) is 3. The van der Waals surface area contributed by atoms with Crippen molar-refractivity contribution in [1.82, 2.24) is 14.8 Å². The molecule has 1 rings (SSSR count). The van der Waals surface area contributed by atoms with Crippen LogP contribution in [-0.2, 0) is 6.54 Å². The topological polar surface area (TPSA) is 56.7 Å². The van der Waals surface area contributed by atoms with Gasteiger partial charge in [0, 0.05) is 19.0 Å². The van der Waals surface area contributed by atoms with Gasteiger partial charge in [0.25, 0.3) is 0 Å². The zero-order valence-corrected chi connectivity index (χ0v) is 9.27. The van der Waals surface area contributed by atoms with Gasteiger partial charge in [-0.05, 0) is 12.3 Å². The fourth-order valence-corrected chi connectivity index (χ4v) is 1.64. The summed E-state index contributed by atoms with van der Waals surface area (Å²) in [5.74, 6) is 1.87. The maximum absolute atomic E-state index is 5.75. The fraction of sp³-hybridized carbons (Fsp3) is 0.800. The van der Waals surface area contributed by atoms with Crippen molar-refractivity contribution >= 4 is 0 Å². The van der Waals surface area contributed by atoms with E-state index in [1.54, 1.807) is 6.33 Å². The van der Waals surface area contributed by atoms with Crippen LogP contribution < -0.4 is 5.73 Å². The van der Waals surface area contributed by atoms with E-state index in [9.17, 15) is 0 Å². The van der Waals surface area contributed by atoms with E-state index in [0.29, 0.717) is 18.4 Å². The van der Waals surface area contributed by atoms with Gasteiger partial charge < -0.3 is 10.3 Å². The number of rotatable bonds is 5. The Morgan fingerprint density at radius 2 is 2.21 bits per heavy atom. The van der Waals surface area contributed by atoms with Crippen LogP contribution in [0.3, 0.4) is 0 Å².